The zero-order valence-electron chi connectivity index (χ0n) is 15.7. The summed E-state index contributed by atoms with van der Waals surface area (Å²) in [4.78, 5) is 9.84. The fraction of sp³-hybridized carbons (Fsp3) is 0.850. The summed E-state index contributed by atoms with van der Waals surface area (Å²) in [5.74, 6) is -0.394. The number of aliphatic hydroxyl groups is 1. The molecule has 0 amide bonds. The Bertz CT molecular complexity index is 225. The van der Waals surface area contributed by atoms with Crippen LogP contribution in [0, 0.1) is 0 Å². The van der Waals surface area contributed by atoms with E-state index < -0.39 is 5.97 Å². The maximum atomic E-state index is 9.84. The molecule has 0 aliphatic rings. The first kappa shape index (κ1) is 24.4. The van der Waals surface area contributed by atoms with Gasteiger partial charge in [0.15, 0.2) is 0 Å². The molecule has 1 N–H and O–H groups in total. The predicted molar refractivity (Wildman–Crippen MR) is 99.6 cm³/mol. The molecular weight excluding hydrogens is 288 g/mol. The number of carbonyl (C=O) groups is 1. The summed E-state index contributed by atoms with van der Waals surface area (Å²) in [5, 5.41) is 8.64. The molecule has 0 aromatic carbocycles. The summed E-state index contributed by atoms with van der Waals surface area (Å²) < 4.78 is 4.14. The molecule has 0 rings (SSSR count). The van der Waals surface area contributed by atoms with Crippen LogP contribution in [0.3, 0.4) is 0 Å². The van der Waals surface area contributed by atoms with E-state index in [1.807, 2.05) is 0 Å². The largest absolute Gasteiger partial charge is 0.466 e. The Kier molecular flexibility index (Phi) is 24.9. The number of hydrogen-bond acceptors (Lipinski definition) is 3. The lowest BCUT2D eigenvalue weighted by Crippen LogP contribution is -1.91. The van der Waals surface area contributed by atoms with Gasteiger partial charge in [-0.25, -0.2) is 4.79 Å². The third kappa shape index (κ3) is 26.4. The fourth-order valence-corrected chi connectivity index (χ4v) is 2.39. The van der Waals surface area contributed by atoms with Crippen molar-refractivity contribution < 1.29 is 14.6 Å². The van der Waals surface area contributed by atoms with Crippen LogP contribution in [0.4, 0.5) is 0 Å². The highest BCUT2D eigenvalue weighted by molar-refractivity contribution is 5.80. The minimum atomic E-state index is -0.394. The average Bonchev–Trinajstić information content (AvgIpc) is 2.59. The molecule has 3 nitrogen and oxygen atoms in total. The second-order valence-electron chi connectivity index (χ2n) is 6.05. The summed E-state index contributed by atoms with van der Waals surface area (Å²) in [7, 11) is 1.31. The normalized spacial score (nSPS) is 9.87. The van der Waals surface area contributed by atoms with Crippen molar-refractivity contribution in [3.05, 3.63) is 12.7 Å². The van der Waals surface area contributed by atoms with Crippen LogP contribution in [0.5, 0.6) is 0 Å². The number of rotatable bonds is 15. The number of methoxy groups -OCH3 is 1. The van der Waals surface area contributed by atoms with Crippen molar-refractivity contribution in [3.63, 3.8) is 0 Å². The van der Waals surface area contributed by atoms with Gasteiger partial charge in [0, 0.05) is 12.7 Å². The molecule has 138 valence electrons. The summed E-state index contributed by atoms with van der Waals surface area (Å²) in [5.41, 5.74) is 0. The molecule has 0 heterocycles. The number of carbonyl (C=O) groups excluding carboxylic acids is 1. The average molecular weight is 329 g/mol. The maximum absolute atomic E-state index is 9.84. The minimum Gasteiger partial charge on any atom is -0.466 e. The first-order chi connectivity index (χ1) is 11.2. The minimum absolute atomic E-state index is 0.373. The Balaban J connectivity index is 0. The van der Waals surface area contributed by atoms with Gasteiger partial charge < -0.3 is 9.84 Å². The van der Waals surface area contributed by atoms with E-state index in [1.165, 1.54) is 90.6 Å². The van der Waals surface area contributed by atoms with Crippen LogP contribution < -0.4 is 0 Å². The number of aliphatic hydroxyl groups excluding tert-OH is 1. The van der Waals surface area contributed by atoms with Gasteiger partial charge in [0.05, 0.1) is 7.11 Å². The number of esters is 1. The highest BCUT2D eigenvalue weighted by Gasteiger charge is 1.93. The van der Waals surface area contributed by atoms with Crippen LogP contribution >= 0.6 is 0 Å². The van der Waals surface area contributed by atoms with Gasteiger partial charge in [-0.1, -0.05) is 97.0 Å². The monoisotopic (exact) mass is 328 g/mol. The lowest BCUT2D eigenvalue weighted by atomic mass is 10.0. The standard InChI is InChI=1S/C16H34O.C4H6O2/c1-2-3-4-5-6-7-8-9-10-11-12-13-14-15-16-17;1-3-4(5)6-2/h17H,2-16H2,1H3;3H,1H2,2H3. The van der Waals surface area contributed by atoms with Crippen molar-refractivity contribution in [3.8, 4) is 0 Å². The molecule has 0 aliphatic heterocycles. The van der Waals surface area contributed by atoms with Gasteiger partial charge in [-0.15, -0.1) is 0 Å². The van der Waals surface area contributed by atoms with Gasteiger partial charge in [-0.2, -0.15) is 0 Å². The van der Waals surface area contributed by atoms with Crippen molar-refractivity contribution in [1.29, 1.82) is 0 Å². The van der Waals surface area contributed by atoms with Crippen LogP contribution in [-0.2, 0) is 9.53 Å². The van der Waals surface area contributed by atoms with Crippen LogP contribution in [0.15, 0.2) is 12.7 Å². The van der Waals surface area contributed by atoms with Gasteiger partial charge in [0.2, 0.25) is 0 Å². The Morgan fingerprint density at radius 1 is 0.826 bits per heavy atom. The Hall–Kier alpha value is -0.830. The van der Waals surface area contributed by atoms with Crippen molar-refractivity contribution in [1.82, 2.24) is 0 Å². The number of ether oxygens (including phenoxy) is 1. The van der Waals surface area contributed by atoms with E-state index in [9.17, 15) is 4.79 Å². The zero-order valence-corrected chi connectivity index (χ0v) is 15.7. The van der Waals surface area contributed by atoms with Gasteiger partial charge in [-0.3, -0.25) is 0 Å². The van der Waals surface area contributed by atoms with E-state index in [0.29, 0.717) is 6.61 Å². The lowest BCUT2D eigenvalue weighted by molar-refractivity contribution is -0.134. The highest BCUT2D eigenvalue weighted by atomic mass is 16.5. The van der Waals surface area contributed by atoms with Crippen molar-refractivity contribution >= 4 is 5.97 Å². The summed E-state index contributed by atoms with van der Waals surface area (Å²) in [6.07, 6.45) is 20.3. The molecule has 0 aliphatic carbocycles. The first-order valence-corrected chi connectivity index (χ1v) is 9.54. The number of unbranched alkanes of at least 4 members (excludes halogenated alkanes) is 13. The van der Waals surface area contributed by atoms with Crippen LogP contribution in [0.25, 0.3) is 0 Å². The van der Waals surface area contributed by atoms with Gasteiger partial charge >= 0.3 is 5.97 Å². The second kappa shape index (κ2) is 23.4. The highest BCUT2D eigenvalue weighted by Crippen LogP contribution is 2.12. The molecule has 23 heavy (non-hydrogen) atoms. The fourth-order valence-electron chi connectivity index (χ4n) is 2.39. The topological polar surface area (TPSA) is 46.5 Å². The molecule has 0 saturated carbocycles. The molecule has 0 aromatic rings. The zero-order chi connectivity index (χ0) is 17.6. The van der Waals surface area contributed by atoms with Gasteiger partial charge in [-0.05, 0) is 6.42 Å². The summed E-state index contributed by atoms with van der Waals surface area (Å²) in [6.45, 7) is 5.81. The molecule has 0 unspecified atom stereocenters. The van der Waals surface area contributed by atoms with E-state index in [2.05, 4.69) is 18.2 Å². The maximum Gasteiger partial charge on any atom is 0.329 e. The molecule has 0 bridgehead atoms. The molecule has 0 fully saturated rings. The second-order valence-corrected chi connectivity index (χ2v) is 6.05. The van der Waals surface area contributed by atoms with E-state index in [-0.39, 0.29) is 0 Å². The Morgan fingerprint density at radius 3 is 1.39 bits per heavy atom. The predicted octanol–water partition coefficient (Wildman–Crippen LogP) is 5.81. The van der Waals surface area contributed by atoms with Crippen LogP contribution in [-0.4, -0.2) is 24.8 Å². The van der Waals surface area contributed by atoms with E-state index >= 15 is 0 Å². The molecule has 0 radical (unpaired) electrons. The summed E-state index contributed by atoms with van der Waals surface area (Å²) >= 11 is 0. The quantitative estimate of drug-likeness (QED) is 0.234. The Morgan fingerprint density at radius 2 is 1.17 bits per heavy atom. The SMILES string of the molecule is C=CC(=O)OC.CCCCCCCCCCCCCCCCO. The molecule has 3 heteroatoms. The molecule has 0 saturated heterocycles. The third-order valence-electron chi connectivity index (χ3n) is 3.88. The van der Waals surface area contributed by atoms with Gasteiger partial charge in [0.25, 0.3) is 0 Å². The van der Waals surface area contributed by atoms with Gasteiger partial charge in [0.1, 0.15) is 0 Å². The molecule has 0 atom stereocenters. The van der Waals surface area contributed by atoms with Crippen LogP contribution in [0.1, 0.15) is 96.8 Å². The smallest absolute Gasteiger partial charge is 0.329 e. The molecular formula is C20H40O3. The summed E-state index contributed by atoms with van der Waals surface area (Å²) in [6, 6.07) is 0. The third-order valence-corrected chi connectivity index (χ3v) is 3.88. The van der Waals surface area contributed by atoms with Crippen molar-refractivity contribution in [2.24, 2.45) is 0 Å². The first-order valence-electron chi connectivity index (χ1n) is 9.54. The molecule has 0 spiro atoms. The van der Waals surface area contributed by atoms with E-state index in [4.69, 9.17) is 5.11 Å². The number of hydrogen-bond donors (Lipinski definition) is 1. The molecule has 0 aromatic heterocycles. The van der Waals surface area contributed by atoms with Crippen molar-refractivity contribution in [2.45, 2.75) is 96.8 Å². The van der Waals surface area contributed by atoms with E-state index in [1.54, 1.807) is 0 Å². The van der Waals surface area contributed by atoms with Crippen molar-refractivity contribution in [2.75, 3.05) is 13.7 Å². The van der Waals surface area contributed by atoms with E-state index in [0.717, 1.165) is 12.5 Å². The lowest BCUT2D eigenvalue weighted by Gasteiger charge is -2.02. The van der Waals surface area contributed by atoms with Crippen LogP contribution in [0.2, 0.25) is 0 Å². The Labute approximate surface area is 144 Å².